The van der Waals surface area contributed by atoms with Crippen LogP contribution < -0.4 is 14.8 Å². The molecule has 0 radical (unpaired) electrons. The summed E-state index contributed by atoms with van der Waals surface area (Å²) in [5.41, 5.74) is 0.604. The summed E-state index contributed by atoms with van der Waals surface area (Å²) >= 11 is 0. The summed E-state index contributed by atoms with van der Waals surface area (Å²) in [5, 5.41) is 13.9. The van der Waals surface area contributed by atoms with Crippen molar-refractivity contribution in [1.29, 1.82) is 5.26 Å². The molecule has 0 atom stereocenters. The van der Waals surface area contributed by atoms with E-state index in [2.05, 4.69) is 0 Å². The second-order valence-electron chi connectivity index (χ2n) is 6.03. The molecule has 0 fully saturated rings. The monoisotopic (exact) mass is 431 g/mol. The number of sulfonamides is 1. The van der Waals surface area contributed by atoms with Gasteiger partial charge in [0.25, 0.3) is 5.91 Å². The van der Waals surface area contributed by atoms with E-state index in [-0.39, 0.29) is 23.4 Å². The SMILES string of the molecule is CCOc1ccc(N(CCC#N)C(=O)COC(=O)c2ccc(S(N)(=O)=O)cc2)cc1. The lowest BCUT2D eigenvalue weighted by Gasteiger charge is -2.22. The molecule has 0 unspecified atom stereocenters. The molecule has 0 bridgehead atoms. The minimum atomic E-state index is -3.88. The molecule has 0 aliphatic rings. The fourth-order valence-electron chi connectivity index (χ4n) is 2.52. The van der Waals surface area contributed by atoms with Crippen molar-refractivity contribution in [3.63, 3.8) is 0 Å². The Morgan fingerprint density at radius 3 is 2.27 bits per heavy atom. The van der Waals surface area contributed by atoms with Crippen molar-refractivity contribution in [3.8, 4) is 11.8 Å². The number of rotatable bonds is 9. The lowest BCUT2D eigenvalue weighted by atomic mass is 10.2. The van der Waals surface area contributed by atoms with Crippen LogP contribution >= 0.6 is 0 Å². The van der Waals surface area contributed by atoms with Gasteiger partial charge in [-0.2, -0.15) is 5.26 Å². The highest BCUT2D eigenvalue weighted by Gasteiger charge is 2.19. The topological polar surface area (TPSA) is 140 Å². The van der Waals surface area contributed by atoms with Gasteiger partial charge in [-0.05, 0) is 55.5 Å². The van der Waals surface area contributed by atoms with Crippen LogP contribution in [0.5, 0.6) is 5.75 Å². The zero-order chi connectivity index (χ0) is 22.1. The first kappa shape index (κ1) is 22.9. The summed E-state index contributed by atoms with van der Waals surface area (Å²) < 4.78 is 32.9. The molecule has 2 aromatic rings. The Labute approximate surface area is 174 Å². The third kappa shape index (κ3) is 6.30. The number of primary sulfonamides is 1. The van der Waals surface area contributed by atoms with Crippen LogP contribution in [0, 0.1) is 11.3 Å². The average Bonchev–Trinajstić information content (AvgIpc) is 2.73. The highest BCUT2D eigenvalue weighted by Crippen LogP contribution is 2.20. The molecule has 0 heterocycles. The van der Waals surface area contributed by atoms with Crippen molar-refractivity contribution in [2.24, 2.45) is 5.14 Å². The largest absolute Gasteiger partial charge is 0.494 e. The second-order valence-corrected chi connectivity index (χ2v) is 7.59. The fourth-order valence-corrected chi connectivity index (χ4v) is 3.03. The maximum atomic E-state index is 12.6. The Bertz CT molecular complexity index is 1030. The number of nitriles is 1. The van der Waals surface area contributed by atoms with E-state index in [1.807, 2.05) is 13.0 Å². The molecule has 1 amide bonds. The van der Waals surface area contributed by atoms with Gasteiger partial charge in [0.1, 0.15) is 5.75 Å². The van der Waals surface area contributed by atoms with Crippen LogP contribution in [0.1, 0.15) is 23.7 Å². The van der Waals surface area contributed by atoms with Gasteiger partial charge in [-0.1, -0.05) is 0 Å². The zero-order valence-corrected chi connectivity index (χ0v) is 17.1. The van der Waals surface area contributed by atoms with E-state index in [1.165, 1.54) is 29.2 Å². The lowest BCUT2D eigenvalue weighted by Crippen LogP contribution is -2.35. The van der Waals surface area contributed by atoms with Gasteiger partial charge in [-0.25, -0.2) is 18.4 Å². The minimum absolute atomic E-state index is 0.0693. The van der Waals surface area contributed by atoms with Crippen molar-refractivity contribution in [1.82, 2.24) is 0 Å². The summed E-state index contributed by atoms with van der Waals surface area (Å²) in [4.78, 5) is 25.9. The van der Waals surface area contributed by atoms with E-state index in [0.717, 1.165) is 0 Å². The van der Waals surface area contributed by atoms with Crippen LogP contribution in [-0.2, 0) is 19.6 Å². The second kappa shape index (κ2) is 10.4. The van der Waals surface area contributed by atoms with Crippen molar-refractivity contribution in [2.45, 2.75) is 18.2 Å². The summed E-state index contributed by atoms with van der Waals surface area (Å²) in [7, 11) is -3.88. The molecule has 2 aromatic carbocycles. The predicted octanol–water partition coefficient (Wildman–Crippen LogP) is 1.84. The molecule has 9 nitrogen and oxygen atoms in total. The van der Waals surface area contributed by atoms with Gasteiger partial charge < -0.3 is 14.4 Å². The smallest absolute Gasteiger partial charge is 0.338 e. The first-order valence-electron chi connectivity index (χ1n) is 8.96. The number of benzene rings is 2. The predicted molar refractivity (Wildman–Crippen MR) is 108 cm³/mol. The van der Waals surface area contributed by atoms with E-state index < -0.39 is 28.5 Å². The normalized spacial score (nSPS) is 10.7. The highest BCUT2D eigenvalue weighted by molar-refractivity contribution is 7.89. The van der Waals surface area contributed by atoms with Crippen LogP contribution in [0.2, 0.25) is 0 Å². The van der Waals surface area contributed by atoms with E-state index in [0.29, 0.717) is 18.0 Å². The molecule has 10 heteroatoms. The summed E-state index contributed by atoms with van der Waals surface area (Å²) in [6, 6.07) is 13.6. The number of esters is 1. The number of carbonyl (C=O) groups is 2. The number of ether oxygens (including phenoxy) is 2. The summed E-state index contributed by atoms with van der Waals surface area (Å²) in [6.07, 6.45) is 0.0991. The molecule has 0 saturated carbocycles. The Kier molecular flexibility index (Phi) is 7.91. The van der Waals surface area contributed by atoms with E-state index in [9.17, 15) is 18.0 Å². The van der Waals surface area contributed by atoms with Gasteiger partial charge in [0.05, 0.1) is 29.6 Å². The van der Waals surface area contributed by atoms with Gasteiger partial charge in [-0.3, -0.25) is 4.79 Å². The highest BCUT2D eigenvalue weighted by atomic mass is 32.2. The number of hydrogen-bond acceptors (Lipinski definition) is 7. The van der Waals surface area contributed by atoms with Crippen molar-refractivity contribution in [3.05, 3.63) is 54.1 Å². The van der Waals surface area contributed by atoms with Crippen LogP contribution in [0.3, 0.4) is 0 Å². The zero-order valence-electron chi connectivity index (χ0n) is 16.3. The van der Waals surface area contributed by atoms with Gasteiger partial charge >= 0.3 is 5.97 Å². The number of nitrogens with zero attached hydrogens (tertiary/aromatic N) is 2. The standard InChI is InChI=1S/C20H21N3O6S/c1-2-28-17-8-6-16(7-9-17)23(13-3-12-21)19(24)14-29-20(25)15-4-10-18(11-5-15)30(22,26)27/h4-11H,2-3,13-14H2,1H3,(H2,22,26,27). The number of hydrogen-bond donors (Lipinski definition) is 1. The van der Waals surface area contributed by atoms with Crippen LogP contribution in [0.15, 0.2) is 53.4 Å². The van der Waals surface area contributed by atoms with E-state index in [1.54, 1.807) is 24.3 Å². The molecule has 0 saturated heterocycles. The maximum Gasteiger partial charge on any atom is 0.338 e. The third-order valence-electron chi connectivity index (χ3n) is 3.95. The molecule has 2 rings (SSSR count). The first-order chi connectivity index (χ1) is 14.3. The van der Waals surface area contributed by atoms with Crippen LogP contribution in [0.25, 0.3) is 0 Å². The molecule has 0 aliphatic carbocycles. The van der Waals surface area contributed by atoms with Gasteiger partial charge in [0, 0.05) is 12.2 Å². The van der Waals surface area contributed by atoms with E-state index in [4.69, 9.17) is 19.9 Å². The van der Waals surface area contributed by atoms with Gasteiger partial charge in [-0.15, -0.1) is 0 Å². The van der Waals surface area contributed by atoms with Crippen LogP contribution in [-0.4, -0.2) is 40.1 Å². The van der Waals surface area contributed by atoms with Crippen molar-refractivity contribution >= 4 is 27.6 Å². The molecule has 0 aromatic heterocycles. The quantitative estimate of drug-likeness (QED) is 0.597. The van der Waals surface area contributed by atoms with Crippen LogP contribution in [0.4, 0.5) is 5.69 Å². The van der Waals surface area contributed by atoms with Crippen molar-refractivity contribution < 1.29 is 27.5 Å². The molecule has 0 aliphatic heterocycles. The number of anilines is 1. The van der Waals surface area contributed by atoms with Crippen molar-refractivity contribution in [2.75, 3.05) is 24.7 Å². The Hall–Kier alpha value is -3.42. The number of nitrogens with two attached hydrogens (primary N) is 1. The molecule has 158 valence electrons. The summed E-state index contributed by atoms with van der Waals surface area (Å²) in [5.74, 6) is -0.663. The molecule has 30 heavy (non-hydrogen) atoms. The fraction of sp³-hybridized carbons (Fsp3) is 0.250. The third-order valence-corrected chi connectivity index (χ3v) is 4.88. The number of amides is 1. The first-order valence-corrected chi connectivity index (χ1v) is 10.5. The maximum absolute atomic E-state index is 12.6. The summed E-state index contributed by atoms with van der Waals surface area (Å²) in [6.45, 7) is 1.94. The van der Waals surface area contributed by atoms with Gasteiger partial charge in [0.15, 0.2) is 6.61 Å². The molecule has 0 spiro atoms. The Balaban J connectivity index is 2.06. The average molecular weight is 431 g/mol. The number of carbonyl (C=O) groups excluding carboxylic acids is 2. The van der Waals surface area contributed by atoms with Gasteiger partial charge in [0.2, 0.25) is 10.0 Å². The van der Waals surface area contributed by atoms with E-state index >= 15 is 0 Å². The lowest BCUT2D eigenvalue weighted by molar-refractivity contribution is -0.121. The minimum Gasteiger partial charge on any atom is -0.494 e. The Morgan fingerprint density at radius 2 is 1.73 bits per heavy atom. The molecule has 2 N–H and O–H groups in total. The molecular formula is C20H21N3O6S. The Morgan fingerprint density at radius 1 is 1.10 bits per heavy atom. The molecular weight excluding hydrogens is 410 g/mol.